The van der Waals surface area contributed by atoms with Crippen LogP contribution in [0.4, 0.5) is 0 Å². The Morgan fingerprint density at radius 1 is 0.737 bits per heavy atom. The van der Waals surface area contributed by atoms with Crippen LogP contribution in [0, 0.1) is 11.8 Å². The minimum atomic E-state index is 0. The maximum absolute atomic E-state index is 3.10. The van der Waals surface area contributed by atoms with Gasteiger partial charge in [0.25, 0.3) is 0 Å². The Balaban J connectivity index is 0.000000256. The molecule has 100 valence electrons. The van der Waals surface area contributed by atoms with Crippen molar-refractivity contribution in [2.75, 3.05) is 0 Å². The second-order valence-electron chi connectivity index (χ2n) is 3.75. The summed E-state index contributed by atoms with van der Waals surface area (Å²) >= 11 is 0. The SMILES string of the molecule is C(#C[c-]1cccc1)c1ccccc1.[Fe].[cH-]1[cH-][cH-][cH-][cH-]1. The van der Waals surface area contributed by atoms with Crippen molar-refractivity contribution in [1.29, 1.82) is 0 Å². The van der Waals surface area contributed by atoms with Gasteiger partial charge in [-0.1, -0.05) is 35.9 Å². The molecule has 0 aromatic heterocycles. The average Bonchev–Trinajstić information content (AvgIpc) is 3.13. The maximum Gasteiger partial charge on any atom is 0 e. The summed E-state index contributed by atoms with van der Waals surface area (Å²) in [6, 6.07) is 28.0. The maximum atomic E-state index is 3.10. The first-order chi connectivity index (χ1) is 8.95. The normalized spacial score (nSPS) is 8.21. The summed E-state index contributed by atoms with van der Waals surface area (Å²) < 4.78 is 0. The van der Waals surface area contributed by atoms with Gasteiger partial charge in [-0.3, -0.25) is 0 Å². The molecule has 0 heterocycles. The second-order valence-corrected chi connectivity index (χ2v) is 3.75. The predicted octanol–water partition coefficient (Wildman–Crippen LogP) is 4.21. The van der Waals surface area contributed by atoms with Crippen LogP contribution in [0.3, 0.4) is 0 Å². The first-order valence-electron chi connectivity index (χ1n) is 5.90. The smallest absolute Gasteiger partial charge is 0 e. The van der Waals surface area contributed by atoms with Gasteiger partial charge >= 0.3 is 0 Å². The Bertz CT molecular complexity index is 561. The molecule has 3 rings (SSSR count). The van der Waals surface area contributed by atoms with Crippen molar-refractivity contribution >= 4 is 0 Å². The van der Waals surface area contributed by atoms with Gasteiger partial charge in [0.1, 0.15) is 0 Å². The van der Waals surface area contributed by atoms with Crippen molar-refractivity contribution in [3.8, 4) is 11.8 Å². The van der Waals surface area contributed by atoms with E-state index in [1.54, 1.807) is 0 Å². The monoisotopic (exact) mass is 286 g/mol. The summed E-state index contributed by atoms with van der Waals surface area (Å²) in [7, 11) is 0. The van der Waals surface area contributed by atoms with Crippen molar-refractivity contribution in [1.82, 2.24) is 0 Å². The van der Waals surface area contributed by atoms with Crippen molar-refractivity contribution in [3.05, 3.63) is 96.1 Å². The molecule has 19 heavy (non-hydrogen) atoms. The summed E-state index contributed by atoms with van der Waals surface area (Å²) in [5, 5.41) is 0. The van der Waals surface area contributed by atoms with Crippen LogP contribution in [0.2, 0.25) is 0 Å². The average molecular weight is 286 g/mol. The third kappa shape index (κ3) is 5.93. The Labute approximate surface area is 125 Å². The van der Waals surface area contributed by atoms with E-state index >= 15 is 0 Å². The molecule has 0 unspecified atom stereocenters. The van der Waals surface area contributed by atoms with Gasteiger partial charge in [-0.15, -0.1) is 12.1 Å². The zero-order valence-corrected chi connectivity index (χ0v) is 11.5. The van der Waals surface area contributed by atoms with E-state index in [4.69, 9.17) is 0 Å². The number of hydrogen-bond donors (Lipinski definition) is 0. The van der Waals surface area contributed by atoms with Gasteiger partial charge < -0.3 is 30.3 Å². The Morgan fingerprint density at radius 3 is 1.79 bits per heavy atom. The van der Waals surface area contributed by atoms with Crippen LogP contribution in [0.5, 0.6) is 0 Å². The van der Waals surface area contributed by atoms with Gasteiger partial charge in [0, 0.05) is 17.1 Å². The Kier molecular flexibility index (Phi) is 7.13. The molecule has 0 nitrogen and oxygen atoms in total. The van der Waals surface area contributed by atoms with Crippen LogP contribution in [0.15, 0.2) is 84.9 Å². The molecule has 0 saturated carbocycles. The molecule has 0 aliphatic carbocycles. The molecule has 0 spiro atoms. The van der Waals surface area contributed by atoms with E-state index in [0.29, 0.717) is 0 Å². The van der Waals surface area contributed by atoms with Crippen molar-refractivity contribution < 1.29 is 17.1 Å². The van der Waals surface area contributed by atoms with Crippen LogP contribution in [-0.2, 0) is 17.1 Å². The van der Waals surface area contributed by atoms with Gasteiger partial charge in [0.05, 0.1) is 0 Å². The molecule has 3 aromatic rings. The van der Waals surface area contributed by atoms with Crippen molar-refractivity contribution in [2.45, 2.75) is 0 Å². The molecule has 0 atom stereocenters. The molecule has 3 aromatic carbocycles. The van der Waals surface area contributed by atoms with Gasteiger partial charge in [0.2, 0.25) is 0 Å². The summed E-state index contributed by atoms with van der Waals surface area (Å²) in [5.41, 5.74) is 2.13. The van der Waals surface area contributed by atoms with Crippen LogP contribution < -0.4 is 0 Å². The van der Waals surface area contributed by atoms with Gasteiger partial charge in [0.15, 0.2) is 0 Å². The van der Waals surface area contributed by atoms with Crippen molar-refractivity contribution in [2.24, 2.45) is 0 Å². The van der Waals surface area contributed by atoms with E-state index in [2.05, 4.69) is 11.8 Å². The van der Waals surface area contributed by atoms with E-state index in [1.165, 1.54) is 0 Å². The molecule has 0 saturated heterocycles. The van der Waals surface area contributed by atoms with E-state index in [-0.39, 0.29) is 17.1 Å². The standard InChI is InChI=1S/C13H9.C5H5.Fe/c1-2-6-12(7-3-1)10-11-13-8-4-5-9-13;1-2-4-5-3-1;/h1-9H;1-5H;/q-1;-5;. The van der Waals surface area contributed by atoms with Gasteiger partial charge in [-0.05, 0) is 5.56 Å². The molecule has 0 N–H and O–H groups in total. The Morgan fingerprint density at radius 2 is 1.26 bits per heavy atom. The minimum Gasteiger partial charge on any atom is -0.748 e. The molecular weight excluding hydrogens is 272 g/mol. The van der Waals surface area contributed by atoms with E-state index < -0.39 is 0 Å². The number of rotatable bonds is 0. The van der Waals surface area contributed by atoms with E-state index in [0.717, 1.165) is 11.1 Å². The molecule has 0 aliphatic rings. The quantitative estimate of drug-likeness (QED) is 0.330. The Hall–Kier alpha value is -2.00. The van der Waals surface area contributed by atoms with Gasteiger partial charge in [-0.2, -0.15) is 24.0 Å². The summed E-state index contributed by atoms with van der Waals surface area (Å²) in [5.74, 6) is 6.19. The van der Waals surface area contributed by atoms with E-state index in [9.17, 15) is 0 Å². The first kappa shape index (κ1) is 15.1. The molecule has 0 bridgehead atoms. The predicted molar refractivity (Wildman–Crippen MR) is 76.5 cm³/mol. The fourth-order valence-electron chi connectivity index (χ4n) is 1.44. The summed E-state index contributed by atoms with van der Waals surface area (Å²) in [6.07, 6.45) is 0. The molecule has 1 heteroatoms. The zero-order valence-electron chi connectivity index (χ0n) is 10.4. The molecular formula is C18H14Fe-6. The van der Waals surface area contributed by atoms with Crippen LogP contribution in [0.1, 0.15) is 11.1 Å². The van der Waals surface area contributed by atoms with Crippen molar-refractivity contribution in [3.63, 3.8) is 0 Å². The molecule has 0 aliphatic heterocycles. The first-order valence-corrected chi connectivity index (χ1v) is 5.90. The third-order valence-electron chi connectivity index (χ3n) is 2.34. The third-order valence-corrected chi connectivity index (χ3v) is 2.34. The van der Waals surface area contributed by atoms with Crippen LogP contribution in [-0.4, -0.2) is 0 Å². The van der Waals surface area contributed by atoms with Crippen LogP contribution in [0.25, 0.3) is 0 Å². The van der Waals surface area contributed by atoms with Gasteiger partial charge in [-0.25, -0.2) is 0 Å². The summed E-state index contributed by atoms with van der Waals surface area (Å²) in [6.45, 7) is 0. The van der Waals surface area contributed by atoms with E-state index in [1.807, 2.05) is 84.9 Å². The molecule has 0 radical (unpaired) electrons. The second kappa shape index (κ2) is 9.00. The number of benzene rings is 1. The summed E-state index contributed by atoms with van der Waals surface area (Å²) in [4.78, 5) is 0. The topological polar surface area (TPSA) is 0 Å². The number of hydrogen-bond acceptors (Lipinski definition) is 0. The fraction of sp³-hybridized carbons (Fsp3) is 0. The zero-order chi connectivity index (χ0) is 12.5. The molecule has 0 fully saturated rings. The van der Waals surface area contributed by atoms with Crippen LogP contribution >= 0.6 is 0 Å². The largest absolute Gasteiger partial charge is 0.748 e. The fourth-order valence-corrected chi connectivity index (χ4v) is 1.44. The minimum absolute atomic E-state index is 0. The molecule has 0 amide bonds.